The highest BCUT2D eigenvalue weighted by Gasteiger charge is 2.28. The van der Waals surface area contributed by atoms with E-state index in [2.05, 4.69) is 11.0 Å². The lowest BCUT2D eigenvalue weighted by atomic mass is 10.1. The lowest BCUT2D eigenvalue weighted by Gasteiger charge is -2.36. The van der Waals surface area contributed by atoms with Crippen LogP contribution in [0.15, 0.2) is 41.0 Å². The van der Waals surface area contributed by atoms with Crippen molar-refractivity contribution in [1.29, 1.82) is 5.26 Å². The molecule has 1 aromatic heterocycles. The first-order valence-corrected chi connectivity index (χ1v) is 8.24. The fraction of sp³-hybridized carbons (Fsp3) is 0.368. The second-order valence-electron chi connectivity index (χ2n) is 6.08. The van der Waals surface area contributed by atoms with Crippen LogP contribution in [0.4, 0.5) is 0 Å². The van der Waals surface area contributed by atoms with Crippen LogP contribution in [0.25, 0.3) is 0 Å². The smallest absolute Gasteiger partial charge is 0.257 e. The van der Waals surface area contributed by atoms with E-state index in [9.17, 15) is 10.1 Å². The predicted molar refractivity (Wildman–Crippen MR) is 92.3 cm³/mol. The lowest BCUT2D eigenvalue weighted by Crippen LogP contribution is -2.49. The molecule has 6 nitrogen and oxygen atoms in total. The van der Waals surface area contributed by atoms with Crippen LogP contribution >= 0.6 is 0 Å². The molecular formula is C19H21N3O3. The molecule has 0 saturated carbocycles. The average molecular weight is 339 g/mol. The molecule has 0 radical (unpaired) electrons. The van der Waals surface area contributed by atoms with Crippen LogP contribution < -0.4 is 4.74 Å². The molecule has 0 bridgehead atoms. The number of hydrogen-bond acceptors (Lipinski definition) is 5. The number of methoxy groups -OCH3 is 1. The standard InChI is InChI=1S/C19H21N3O3/c1-14-11-16(13-25-14)19(23)22-9-7-21(8-10-22)18(12-20)15-3-5-17(24-2)6-4-15/h3-6,11,13,18H,7-10H2,1-2H3/t18-/m0/s1. The van der Waals surface area contributed by atoms with Crippen molar-refractivity contribution in [3.63, 3.8) is 0 Å². The molecule has 1 atom stereocenters. The van der Waals surface area contributed by atoms with Crippen LogP contribution in [-0.2, 0) is 0 Å². The summed E-state index contributed by atoms with van der Waals surface area (Å²) in [4.78, 5) is 16.4. The molecule has 0 spiro atoms. The Bertz CT molecular complexity index is 768. The Balaban J connectivity index is 1.64. The first kappa shape index (κ1) is 17.1. The third-order valence-corrected chi connectivity index (χ3v) is 4.50. The van der Waals surface area contributed by atoms with E-state index in [1.807, 2.05) is 36.1 Å². The number of amides is 1. The molecule has 25 heavy (non-hydrogen) atoms. The number of nitrogens with zero attached hydrogens (tertiary/aromatic N) is 3. The van der Waals surface area contributed by atoms with Crippen molar-refractivity contribution in [2.45, 2.75) is 13.0 Å². The maximum atomic E-state index is 12.5. The van der Waals surface area contributed by atoms with Crippen LogP contribution in [0.2, 0.25) is 0 Å². The molecule has 1 aromatic carbocycles. The van der Waals surface area contributed by atoms with Crippen molar-refractivity contribution in [1.82, 2.24) is 9.80 Å². The topological polar surface area (TPSA) is 69.7 Å². The van der Waals surface area contributed by atoms with Crippen molar-refractivity contribution >= 4 is 5.91 Å². The minimum atomic E-state index is -0.320. The Morgan fingerprint density at radius 2 is 1.92 bits per heavy atom. The van der Waals surface area contributed by atoms with E-state index in [-0.39, 0.29) is 11.9 Å². The van der Waals surface area contributed by atoms with E-state index in [1.165, 1.54) is 6.26 Å². The van der Waals surface area contributed by atoms with Gasteiger partial charge in [-0.3, -0.25) is 9.69 Å². The van der Waals surface area contributed by atoms with Crippen LogP contribution in [0, 0.1) is 18.3 Å². The summed E-state index contributed by atoms with van der Waals surface area (Å²) in [6, 6.07) is 11.4. The van der Waals surface area contributed by atoms with Gasteiger partial charge in [0.05, 0.1) is 18.7 Å². The van der Waals surface area contributed by atoms with E-state index in [0.717, 1.165) is 17.1 Å². The SMILES string of the molecule is COc1ccc([C@H](C#N)N2CCN(C(=O)c3coc(C)c3)CC2)cc1. The molecule has 130 valence electrons. The van der Waals surface area contributed by atoms with Gasteiger partial charge < -0.3 is 14.1 Å². The number of hydrogen-bond donors (Lipinski definition) is 0. The number of aryl methyl sites for hydroxylation is 1. The van der Waals surface area contributed by atoms with Crippen LogP contribution in [0.3, 0.4) is 0 Å². The quantitative estimate of drug-likeness (QED) is 0.856. The molecule has 1 fully saturated rings. The number of furan rings is 1. The van der Waals surface area contributed by atoms with Gasteiger partial charge in [0.25, 0.3) is 5.91 Å². The number of rotatable bonds is 4. The molecule has 3 rings (SSSR count). The summed E-state index contributed by atoms with van der Waals surface area (Å²) >= 11 is 0. The van der Waals surface area contributed by atoms with Gasteiger partial charge in [0.2, 0.25) is 0 Å². The minimum absolute atomic E-state index is 0.0190. The van der Waals surface area contributed by atoms with Gasteiger partial charge >= 0.3 is 0 Å². The number of piperazine rings is 1. The Labute approximate surface area is 147 Å². The van der Waals surface area contributed by atoms with E-state index in [4.69, 9.17) is 9.15 Å². The van der Waals surface area contributed by atoms with Crippen molar-refractivity contribution in [2.75, 3.05) is 33.3 Å². The second kappa shape index (κ2) is 7.41. The van der Waals surface area contributed by atoms with Crippen molar-refractivity contribution in [3.05, 3.63) is 53.5 Å². The highest BCUT2D eigenvalue weighted by atomic mass is 16.5. The van der Waals surface area contributed by atoms with Gasteiger partial charge in [0.15, 0.2) is 0 Å². The van der Waals surface area contributed by atoms with Crippen molar-refractivity contribution < 1.29 is 13.9 Å². The van der Waals surface area contributed by atoms with Gasteiger partial charge in [-0.2, -0.15) is 5.26 Å². The van der Waals surface area contributed by atoms with Crippen molar-refractivity contribution in [3.8, 4) is 11.8 Å². The van der Waals surface area contributed by atoms with E-state index < -0.39 is 0 Å². The van der Waals surface area contributed by atoms with Crippen LogP contribution in [0.5, 0.6) is 5.75 Å². The summed E-state index contributed by atoms with van der Waals surface area (Å²) in [6.45, 7) is 4.33. The van der Waals surface area contributed by atoms with Gasteiger partial charge in [-0.25, -0.2) is 0 Å². The zero-order valence-corrected chi connectivity index (χ0v) is 14.4. The van der Waals surface area contributed by atoms with Gasteiger partial charge in [-0.1, -0.05) is 12.1 Å². The van der Waals surface area contributed by atoms with E-state index in [0.29, 0.717) is 31.7 Å². The monoisotopic (exact) mass is 339 g/mol. The largest absolute Gasteiger partial charge is 0.497 e. The average Bonchev–Trinajstić information content (AvgIpc) is 3.09. The molecule has 1 aliphatic rings. The summed E-state index contributed by atoms with van der Waals surface area (Å²) < 4.78 is 10.4. The molecule has 2 heterocycles. The first-order valence-electron chi connectivity index (χ1n) is 8.24. The molecule has 2 aromatic rings. The highest BCUT2D eigenvalue weighted by molar-refractivity contribution is 5.94. The fourth-order valence-corrected chi connectivity index (χ4v) is 3.07. The number of nitriles is 1. The highest BCUT2D eigenvalue weighted by Crippen LogP contribution is 2.24. The maximum absolute atomic E-state index is 12.5. The predicted octanol–water partition coefficient (Wildman–Crippen LogP) is 2.62. The lowest BCUT2D eigenvalue weighted by molar-refractivity contribution is 0.0605. The van der Waals surface area contributed by atoms with Gasteiger partial charge in [-0.05, 0) is 30.7 Å². The van der Waals surface area contributed by atoms with Gasteiger partial charge in [0, 0.05) is 26.2 Å². The number of ether oxygens (including phenoxy) is 1. The third kappa shape index (κ3) is 3.67. The summed E-state index contributed by atoms with van der Waals surface area (Å²) in [5.41, 5.74) is 1.52. The number of carbonyl (C=O) groups is 1. The Hall–Kier alpha value is -2.78. The van der Waals surface area contributed by atoms with Crippen LogP contribution in [0.1, 0.15) is 27.7 Å². The summed E-state index contributed by atoms with van der Waals surface area (Å²) in [5, 5.41) is 9.60. The molecule has 1 amide bonds. The zero-order chi connectivity index (χ0) is 17.8. The zero-order valence-electron chi connectivity index (χ0n) is 14.4. The first-order chi connectivity index (χ1) is 12.1. The molecule has 0 N–H and O–H groups in total. The maximum Gasteiger partial charge on any atom is 0.257 e. The van der Waals surface area contributed by atoms with Gasteiger partial charge in [-0.15, -0.1) is 0 Å². The summed E-state index contributed by atoms with van der Waals surface area (Å²) in [7, 11) is 1.62. The third-order valence-electron chi connectivity index (χ3n) is 4.50. The number of carbonyl (C=O) groups excluding carboxylic acids is 1. The second-order valence-corrected chi connectivity index (χ2v) is 6.08. The Morgan fingerprint density at radius 1 is 1.24 bits per heavy atom. The molecule has 1 aliphatic heterocycles. The summed E-state index contributed by atoms with van der Waals surface area (Å²) in [5.74, 6) is 1.48. The van der Waals surface area contributed by atoms with Crippen molar-refractivity contribution in [2.24, 2.45) is 0 Å². The van der Waals surface area contributed by atoms with Crippen LogP contribution in [-0.4, -0.2) is 49.0 Å². The molecular weight excluding hydrogens is 318 g/mol. The minimum Gasteiger partial charge on any atom is -0.497 e. The molecule has 0 aliphatic carbocycles. The molecule has 1 saturated heterocycles. The normalized spacial score (nSPS) is 16.3. The van der Waals surface area contributed by atoms with Gasteiger partial charge in [0.1, 0.15) is 23.8 Å². The molecule has 0 unspecified atom stereocenters. The fourth-order valence-electron chi connectivity index (χ4n) is 3.07. The molecule has 6 heteroatoms. The van der Waals surface area contributed by atoms with E-state index in [1.54, 1.807) is 13.2 Å². The Kier molecular flexibility index (Phi) is 5.05. The van der Waals surface area contributed by atoms with E-state index >= 15 is 0 Å². The number of benzene rings is 1. The Morgan fingerprint density at radius 3 is 2.44 bits per heavy atom. The summed E-state index contributed by atoms with van der Waals surface area (Å²) in [6.07, 6.45) is 1.50.